The highest BCUT2D eigenvalue weighted by atomic mass is 32.1. The van der Waals surface area contributed by atoms with Crippen molar-refractivity contribution >= 4 is 22.2 Å². The number of hydrogen-bond donors (Lipinski definition) is 1. The van der Waals surface area contributed by atoms with Crippen LogP contribution in [0.1, 0.15) is 28.1 Å². The van der Waals surface area contributed by atoms with E-state index in [1.54, 1.807) is 6.07 Å². The minimum Gasteiger partial charge on any atom is -0.331 e. The predicted octanol–water partition coefficient (Wildman–Crippen LogP) is 4.27. The van der Waals surface area contributed by atoms with Gasteiger partial charge in [0.1, 0.15) is 0 Å². The summed E-state index contributed by atoms with van der Waals surface area (Å²) in [5.74, 6) is 0. The highest BCUT2D eigenvalue weighted by molar-refractivity contribution is 7.15. The Morgan fingerprint density at radius 1 is 1.29 bits per heavy atom. The number of aromatic nitrogens is 1. The molecular weight excluding hydrogens is 299 g/mol. The van der Waals surface area contributed by atoms with Crippen molar-refractivity contribution in [3.05, 3.63) is 39.9 Å². The summed E-state index contributed by atoms with van der Waals surface area (Å²) in [6.45, 7) is 0. The first-order chi connectivity index (χ1) is 9.97. The van der Waals surface area contributed by atoms with E-state index in [0.29, 0.717) is 10.8 Å². The van der Waals surface area contributed by atoms with Crippen LogP contribution >= 0.6 is 11.3 Å². The molecule has 0 bridgehead atoms. The highest BCUT2D eigenvalue weighted by Crippen LogP contribution is 2.35. The molecule has 2 aromatic rings. The average molecular weight is 309 g/mol. The highest BCUT2D eigenvalue weighted by Gasteiger charge is 2.33. The van der Waals surface area contributed by atoms with Gasteiger partial charge in [0.25, 0.3) is 0 Å². The van der Waals surface area contributed by atoms with Crippen LogP contribution in [0.5, 0.6) is 0 Å². The van der Waals surface area contributed by atoms with Gasteiger partial charge < -0.3 is 5.32 Å². The lowest BCUT2D eigenvalue weighted by molar-refractivity contribution is -0.137. The van der Waals surface area contributed by atoms with Gasteiger partial charge >= 0.3 is 6.18 Å². The molecule has 3 nitrogen and oxygen atoms in total. The summed E-state index contributed by atoms with van der Waals surface area (Å²) >= 11 is 1.51. The van der Waals surface area contributed by atoms with Gasteiger partial charge in [-0.25, -0.2) is 4.98 Å². The van der Waals surface area contributed by atoms with Crippen LogP contribution in [-0.4, -0.2) is 4.98 Å². The van der Waals surface area contributed by atoms with Crippen molar-refractivity contribution in [2.45, 2.75) is 25.4 Å². The smallest absolute Gasteiger partial charge is 0.331 e. The second kappa shape index (κ2) is 5.04. The van der Waals surface area contributed by atoms with Crippen molar-refractivity contribution < 1.29 is 13.2 Å². The van der Waals surface area contributed by atoms with Gasteiger partial charge in [0.05, 0.1) is 22.9 Å². The second-order valence-corrected chi connectivity index (χ2v) is 5.82. The van der Waals surface area contributed by atoms with E-state index in [-0.39, 0.29) is 0 Å². The predicted molar refractivity (Wildman–Crippen MR) is 73.6 cm³/mol. The molecule has 1 aliphatic carbocycles. The first kappa shape index (κ1) is 13.9. The second-order valence-electron chi connectivity index (χ2n) is 4.74. The number of fused-ring (bicyclic) bond motifs is 1. The Morgan fingerprint density at radius 3 is 2.76 bits per heavy atom. The van der Waals surface area contributed by atoms with Crippen molar-refractivity contribution in [1.29, 1.82) is 5.26 Å². The summed E-state index contributed by atoms with van der Waals surface area (Å²) in [6.07, 6.45) is -1.46. The average Bonchev–Trinajstić information content (AvgIpc) is 2.98. The van der Waals surface area contributed by atoms with Gasteiger partial charge in [-0.1, -0.05) is 0 Å². The first-order valence-corrected chi connectivity index (χ1v) is 7.16. The molecule has 7 heteroatoms. The summed E-state index contributed by atoms with van der Waals surface area (Å²) in [5, 5.41) is 12.5. The Balaban J connectivity index is 1.88. The van der Waals surface area contributed by atoms with Gasteiger partial charge in [-0.3, -0.25) is 0 Å². The van der Waals surface area contributed by atoms with E-state index in [0.717, 1.165) is 31.0 Å². The molecule has 0 radical (unpaired) electrons. The quantitative estimate of drug-likeness (QED) is 0.901. The van der Waals surface area contributed by atoms with Gasteiger partial charge in [0.15, 0.2) is 5.13 Å². The third-order valence-corrected chi connectivity index (χ3v) is 4.37. The van der Waals surface area contributed by atoms with E-state index < -0.39 is 17.3 Å². The van der Waals surface area contributed by atoms with Crippen molar-refractivity contribution in [2.24, 2.45) is 0 Å². The Labute approximate surface area is 123 Å². The molecule has 0 spiro atoms. The molecule has 0 aliphatic heterocycles. The van der Waals surface area contributed by atoms with Crippen molar-refractivity contribution in [3.63, 3.8) is 0 Å². The van der Waals surface area contributed by atoms with Gasteiger partial charge in [0, 0.05) is 10.6 Å². The van der Waals surface area contributed by atoms with Crippen LogP contribution in [0.2, 0.25) is 0 Å². The number of aryl methyl sites for hydroxylation is 2. The lowest BCUT2D eigenvalue weighted by atomic mass is 10.1. The van der Waals surface area contributed by atoms with E-state index in [4.69, 9.17) is 5.26 Å². The van der Waals surface area contributed by atoms with E-state index in [2.05, 4.69) is 10.3 Å². The van der Waals surface area contributed by atoms with Crippen molar-refractivity contribution in [2.75, 3.05) is 5.32 Å². The Bertz CT molecular complexity index is 707. The fraction of sp³-hybridized carbons (Fsp3) is 0.286. The molecule has 1 aliphatic rings. The zero-order chi connectivity index (χ0) is 15.0. The standard InChI is InChI=1S/C14H10F3N3S/c15-14(16,17)10-5-4-9(6-8(10)7-18)19-13-20-11-2-1-3-12(11)21-13/h4-6H,1-3H2,(H,19,20). The normalized spacial score (nSPS) is 13.8. The van der Waals surface area contributed by atoms with Gasteiger partial charge in [-0.05, 0) is 37.5 Å². The third-order valence-electron chi connectivity index (χ3n) is 3.29. The summed E-state index contributed by atoms with van der Waals surface area (Å²) in [6, 6.07) is 5.03. The lowest BCUT2D eigenvalue weighted by Gasteiger charge is -2.10. The summed E-state index contributed by atoms with van der Waals surface area (Å²) in [7, 11) is 0. The van der Waals surface area contributed by atoms with Crippen LogP contribution in [0.25, 0.3) is 0 Å². The van der Waals surface area contributed by atoms with E-state index >= 15 is 0 Å². The lowest BCUT2D eigenvalue weighted by Crippen LogP contribution is -2.08. The maximum Gasteiger partial charge on any atom is 0.417 e. The molecule has 0 unspecified atom stereocenters. The number of benzene rings is 1. The monoisotopic (exact) mass is 309 g/mol. The number of hydrogen-bond acceptors (Lipinski definition) is 4. The largest absolute Gasteiger partial charge is 0.417 e. The Kier molecular flexibility index (Phi) is 3.33. The number of alkyl halides is 3. The zero-order valence-electron chi connectivity index (χ0n) is 10.8. The molecule has 0 saturated heterocycles. The molecule has 0 atom stereocenters. The molecule has 108 valence electrons. The van der Waals surface area contributed by atoms with Crippen LogP contribution in [0, 0.1) is 11.3 Å². The summed E-state index contributed by atoms with van der Waals surface area (Å²) in [4.78, 5) is 5.64. The van der Waals surface area contributed by atoms with Crippen molar-refractivity contribution in [1.82, 2.24) is 4.98 Å². The van der Waals surface area contributed by atoms with E-state index in [1.165, 1.54) is 28.3 Å². The van der Waals surface area contributed by atoms with E-state index in [9.17, 15) is 13.2 Å². The fourth-order valence-electron chi connectivity index (χ4n) is 2.33. The molecule has 1 N–H and O–H groups in total. The van der Waals surface area contributed by atoms with Gasteiger partial charge in [0.2, 0.25) is 0 Å². The molecule has 0 saturated carbocycles. The van der Waals surface area contributed by atoms with Crippen molar-refractivity contribution in [3.8, 4) is 6.07 Å². The van der Waals surface area contributed by atoms with Crippen LogP contribution < -0.4 is 5.32 Å². The van der Waals surface area contributed by atoms with Crippen LogP contribution in [0.4, 0.5) is 24.0 Å². The topological polar surface area (TPSA) is 48.7 Å². The number of rotatable bonds is 2. The Hall–Kier alpha value is -2.07. The number of halogens is 3. The molecule has 1 aromatic heterocycles. The van der Waals surface area contributed by atoms with Crippen LogP contribution in [0.3, 0.4) is 0 Å². The molecule has 21 heavy (non-hydrogen) atoms. The number of nitriles is 1. The maximum atomic E-state index is 12.7. The molecule has 3 rings (SSSR count). The van der Waals surface area contributed by atoms with Gasteiger partial charge in [-0.15, -0.1) is 11.3 Å². The number of thiazole rings is 1. The molecular formula is C14H10F3N3S. The van der Waals surface area contributed by atoms with Crippen LogP contribution in [-0.2, 0) is 19.0 Å². The summed E-state index contributed by atoms with van der Waals surface area (Å²) in [5.41, 5.74) is 0.190. The number of anilines is 2. The summed E-state index contributed by atoms with van der Waals surface area (Å²) < 4.78 is 38.2. The Morgan fingerprint density at radius 2 is 2.10 bits per heavy atom. The van der Waals surface area contributed by atoms with E-state index in [1.807, 2.05) is 0 Å². The minimum absolute atomic E-state index is 0.392. The molecule has 1 aromatic carbocycles. The van der Waals surface area contributed by atoms with Gasteiger partial charge in [-0.2, -0.15) is 18.4 Å². The number of nitrogens with zero attached hydrogens (tertiary/aromatic N) is 2. The maximum absolute atomic E-state index is 12.7. The third kappa shape index (κ3) is 2.72. The zero-order valence-corrected chi connectivity index (χ0v) is 11.6. The molecule has 1 heterocycles. The molecule has 0 amide bonds. The fourth-order valence-corrected chi connectivity index (χ4v) is 3.40. The minimum atomic E-state index is -4.52. The van der Waals surface area contributed by atoms with Crippen LogP contribution in [0.15, 0.2) is 18.2 Å². The molecule has 0 fully saturated rings. The first-order valence-electron chi connectivity index (χ1n) is 6.34. The SMILES string of the molecule is N#Cc1cc(Nc2nc3c(s2)CCC3)ccc1C(F)(F)F. The number of nitrogens with one attached hydrogen (secondary N) is 1.